The summed E-state index contributed by atoms with van der Waals surface area (Å²) in [7, 11) is 1.45. The summed E-state index contributed by atoms with van der Waals surface area (Å²) < 4.78 is 12.7. The van der Waals surface area contributed by atoms with Crippen molar-refractivity contribution in [1.29, 1.82) is 0 Å². The SMILES string of the molecule is CCOc1ccc(-n2c(SCC(=O)N/N=C/c3cc(Br)c(O)c(OC)c3)nc3sc4c(c3c2=O)CCC4)cc1. The van der Waals surface area contributed by atoms with Crippen LogP contribution >= 0.6 is 39.0 Å². The predicted octanol–water partition coefficient (Wildman–Crippen LogP) is 5.05. The average molecular weight is 630 g/mol. The van der Waals surface area contributed by atoms with Crippen molar-refractivity contribution in [2.75, 3.05) is 19.5 Å². The van der Waals surface area contributed by atoms with Gasteiger partial charge in [0.25, 0.3) is 11.5 Å². The maximum atomic E-state index is 13.8. The Kier molecular flexibility index (Phi) is 8.24. The summed E-state index contributed by atoms with van der Waals surface area (Å²) in [5.74, 6) is 0.613. The highest BCUT2D eigenvalue weighted by Crippen LogP contribution is 2.36. The lowest BCUT2D eigenvalue weighted by Gasteiger charge is -2.13. The maximum absolute atomic E-state index is 13.8. The molecule has 4 aromatic rings. The summed E-state index contributed by atoms with van der Waals surface area (Å²) in [5.41, 5.74) is 4.75. The van der Waals surface area contributed by atoms with Gasteiger partial charge in [0.15, 0.2) is 16.7 Å². The highest BCUT2D eigenvalue weighted by molar-refractivity contribution is 9.10. The first-order valence-electron chi connectivity index (χ1n) is 12.2. The fraction of sp³-hybridized carbons (Fsp3) is 0.259. The van der Waals surface area contributed by atoms with Crippen LogP contribution in [-0.2, 0) is 17.6 Å². The summed E-state index contributed by atoms with van der Waals surface area (Å²) in [4.78, 5) is 33.2. The third-order valence-electron chi connectivity index (χ3n) is 6.12. The molecule has 0 aliphatic heterocycles. The Bertz CT molecular complexity index is 1630. The van der Waals surface area contributed by atoms with E-state index in [4.69, 9.17) is 14.5 Å². The van der Waals surface area contributed by atoms with Crippen molar-refractivity contribution in [1.82, 2.24) is 15.0 Å². The molecule has 0 radical (unpaired) electrons. The first-order valence-corrected chi connectivity index (χ1v) is 14.8. The van der Waals surface area contributed by atoms with Gasteiger partial charge in [0.2, 0.25) is 0 Å². The number of phenolic OH excluding ortho intramolecular Hbond substituents is 1. The number of aryl methyl sites for hydroxylation is 2. The van der Waals surface area contributed by atoms with Crippen LogP contribution in [0.5, 0.6) is 17.2 Å². The molecule has 0 saturated carbocycles. The molecule has 0 spiro atoms. The number of hydrazone groups is 1. The molecule has 202 valence electrons. The van der Waals surface area contributed by atoms with Gasteiger partial charge in [-0.2, -0.15) is 5.10 Å². The lowest BCUT2D eigenvalue weighted by molar-refractivity contribution is -0.118. The fourth-order valence-corrected chi connectivity index (χ4v) is 6.94. The molecule has 1 amide bonds. The monoisotopic (exact) mass is 628 g/mol. The Morgan fingerprint density at radius 3 is 2.85 bits per heavy atom. The smallest absolute Gasteiger partial charge is 0.267 e. The van der Waals surface area contributed by atoms with Crippen LogP contribution in [0.4, 0.5) is 0 Å². The number of aromatic hydroxyl groups is 1. The topological polar surface area (TPSA) is 115 Å². The van der Waals surface area contributed by atoms with Crippen molar-refractivity contribution < 1.29 is 19.4 Å². The van der Waals surface area contributed by atoms with Gasteiger partial charge in [-0.15, -0.1) is 11.3 Å². The van der Waals surface area contributed by atoms with Gasteiger partial charge < -0.3 is 14.6 Å². The first-order chi connectivity index (χ1) is 18.9. The zero-order valence-corrected chi connectivity index (χ0v) is 24.4. The van der Waals surface area contributed by atoms with E-state index < -0.39 is 0 Å². The molecule has 2 heterocycles. The van der Waals surface area contributed by atoms with Crippen molar-refractivity contribution in [3.8, 4) is 22.9 Å². The summed E-state index contributed by atoms with van der Waals surface area (Å²) in [6, 6.07) is 10.5. The fourth-order valence-electron chi connectivity index (χ4n) is 4.37. The number of methoxy groups -OCH3 is 1. The molecule has 1 aliphatic rings. The number of amides is 1. The van der Waals surface area contributed by atoms with E-state index in [-0.39, 0.29) is 28.7 Å². The molecule has 0 unspecified atom stereocenters. The number of thiophene rings is 1. The number of carbonyl (C=O) groups is 1. The average Bonchev–Trinajstić information content (AvgIpc) is 3.51. The van der Waals surface area contributed by atoms with Crippen LogP contribution in [0.3, 0.4) is 0 Å². The van der Waals surface area contributed by atoms with E-state index in [1.807, 2.05) is 31.2 Å². The number of thioether (sulfide) groups is 1. The highest BCUT2D eigenvalue weighted by atomic mass is 79.9. The quantitative estimate of drug-likeness (QED) is 0.115. The van der Waals surface area contributed by atoms with Crippen LogP contribution in [0.25, 0.3) is 15.9 Å². The lowest BCUT2D eigenvalue weighted by atomic mass is 10.2. The van der Waals surface area contributed by atoms with Crippen LogP contribution in [0.1, 0.15) is 29.3 Å². The second-order valence-electron chi connectivity index (χ2n) is 8.63. The zero-order chi connectivity index (χ0) is 27.5. The van der Waals surface area contributed by atoms with E-state index in [0.29, 0.717) is 43.5 Å². The van der Waals surface area contributed by atoms with E-state index in [9.17, 15) is 14.7 Å². The normalized spacial score (nSPS) is 12.7. The van der Waals surface area contributed by atoms with Crippen LogP contribution in [0.2, 0.25) is 0 Å². The van der Waals surface area contributed by atoms with E-state index in [1.165, 1.54) is 30.0 Å². The number of ether oxygens (including phenoxy) is 2. The molecular formula is C27H25BrN4O5S2. The lowest BCUT2D eigenvalue weighted by Crippen LogP contribution is -2.24. The molecule has 0 saturated heterocycles. The number of halogens is 1. The predicted molar refractivity (Wildman–Crippen MR) is 157 cm³/mol. The summed E-state index contributed by atoms with van der Waals surface area (Å²) >= 11 is 6.00. The number of nitrogens with zero attached hydrogens (tertiary/aromatic N) is 3. The molecule has 0 bridgehead atoms. The Morgan fingerprint density at radius 2 is 2.10 bits per heavy atom. The second-order valence-corrected chi connectivity index (χ2v) is 11.5. The molecule has 0 fully saturated rings. The van der Waals surface area contributed by atoms with Gasteiger partial charge in [0.1, 0.15) is 10.6 Å². The summed E-state index contributed by atoms with van der Waals surface area (Å²) in [6.07, 6.45) is 4.34. The van der Waals surface area contributed by atoms with Gasteiger partial charge in [-0.25, -0.2) is 10.4 Å². The van der Waals surface area contributed by atoms with Crippen molar-refractivity contribution in [3.05, 3.63) is 67.2 Å². The number of nitrogens with one attached hydrogen (secondary N) is 1. The third-order valence-corrected chi connectivity index (χ3v) is 8.85. The van der Waals surface area contributed by atoms with Crippen molar-refractivity contribution >= 4 is 61.4 Å². The standard InChI is InChI=1S/C27H25BrN4O5S2/c1-3-37-17-9-7-16(8-10-17)32-26(35)23-18-5-4-6-21(18)39-25(23)30-27(32)38-14-22(33)31-29-13-15-11-19(28)24(34)20(12-15)36-2/h7-13,34H,3-6,14H2,1-2H3,(H,31,33)/b29-13+. The number of benzene rings is 2. The number of rotatable bonds is 9. The van der Waals surface area contributed by atoms with E-state index >= 15 is 0 Å². The molecule has 12 heteroatoms. The molecule has 2 aromatic carbocycles. The number of hydrogen-bond acceptors (Lipinski definition) is 9. The van der Waals surface area contributed by atoms with Gasteiger partial charge in [0, 0.05) is 4.88 Å². The Balaban J connectivity index is 1.39. The molecule has 39 heavy (non-hydrogen) atoms. The van der Waals surface area contributed by atoms with E-state index in [0.717, 1.165) is 24.8 Å². The van der Waals surface area contributed by atoms with Gasteiger partial charge in [-0.1, -0.05) is 11.8 Å². The molecule has 9 nitrogen and oxygen atoms in total. The van der Waals surface area contributed by atoms with E-state index in [2.05, 4.69) is 26.5 Å². The van der Waals surface area contributed by atoms with Crippen LogP contribution in [-0.4, -0.2) is 46.2 Å². The summed E-state index contributed by atoms with van der Waals surface area (Å²) in [6.45, 7) is 2.46. The largest absolute Gasteiger partial charge is 0.503 e. The molecule has 1 aliphatic carbocycles. The van der Waals surface area contributed by atoms with Gasteiger partial charge in [-0.3, -0.25) is 14.2 Å². The highest BCUT2D eigenvalue weighted by Gasteiger charge is 2.24. The third kappa shape index (κ3) is 5.68. The maximum Gasteiger partial charge on any atom is 0.267 e. The number of carbonyl (C=O) groups excluding carboxylic acids is 1. The van der Waals surface area contributed by atoms with Gasteiger partial charge >= 0.3 is 0 Å². The number of fused-ring (bicyclic) bond motifs is 3. The van der Waals surface area contributed by atoms with Gasteiger partial charge in [-0.05, 0) is 89.6 Å². The number of hydrogen-bond donors (Lipinski definition) is 2. The van der Waals surface area contributed by atoms with Crippen molar-refractivity contribution in [2.24, 2.45) is 5.10 Å². The molecule has 2 aromatic heterocycles. The van der Waals surface area contributed by atoms with Crippen LogP contribution < -0.4 is 20.5 Å². The van der Waals surface area contributed by atoms with Crippen LogP contribution in [0, 0.1) is 0 Å². The molecular weight excluding hydrogens is 604 g/mol. The second kappa shape index (κ2) is 11.8. The Labute approximate surface area is 241 Å². The molecule has 2 N–H and O–H groups in total. The summed E-state index contributed by atoms with van der Waals surface area (Å²) in [5, 5.41) is 15.1. The first kappa shape index (κ1) is 27.2. The zero-order valence-electron chi connectivity index (χ0n) is 21.2. The Hall–Kier alpha value is -3.35. The minimum absolute atomic E-state index is 0.00000102. The molecule has 0 atom stereocenters. The minimum atomic E-state index is -0.359. The number of aromatic nitrogens is 2. The minimum Gasteiger partial charge on any atom is -0.503 e. The van der Waals surface area contributed by atoms with E-state index in [1.54, 1.807) is 28.0 Å². The van der Waals surface area contributed by atoms with Crippen molar-refractivity contribution in [3.63, 3.8) is 0 Å². The van der Waals surface area contributed by atoms with Crippen LogP contribution in [0.15, 0.2) is 55.9 Å². The van der Waals surface area contributed by atoms with Crippen molar-refractivity contribution in [2.45, 2.75) is 31.3 Å². The number of phenols is 1. The Morgan fingerprint density at radius 1 is 1.31 bits per heavy atom. The van der Waals surface area contributed by atoms with Gasteiger partial charge in [0.05, 0.1) is 41.2 Å². The molecule has 5 rings (SSSR count).